The number of ketones is 1. The molecule has 0 spiro atoms. The van der Waals surface area contributed by atoms with Crippen molar-refractivity contribution in [2.24, 2.45) is 12.8 Å². The maximum Gasteiger partial charge on any atom is 0.332 e. The average molecular weight is 511 g/mol. The van der Waals surface area contributed by atoms with Gasteiger partial charge in [0.2, 0.25) is 5.95 Å². The number of aryl methyl sites for hydroxylation is 1. The lowest BCUT2D eigenvalue weighted by Gasteiger charge is -2.31. The summed E-state index contributed by atoms with van der Waals surface area (Å²) < 4.78 is 14.8. The molecular weight excluding hydrogens is 476 g/mol. The Morgan fingerprint density at radius 2 is 1.84 bits per heavy atom. The Labute approximate surface area is 214 Å². The summed E-state index contributed by atoms with van der Waals surface area (Å²) in [4.78, 5) is 47.3. The average Bonchev–Trinajstić information content (AvgIpc) is 3.27. The van der Waals surface area contributed by atoms with E-state index in [0.29, 0.717) is 30.5 Å². The van der Waals surface area contributed by atoms with E-state index in [1.807, 2.05) is 24.5 Å². The summed E-state index contributed by atoms with van der Waals surface area (Å²) in [5, 5.41) is 0. The van der Waals surface area contributed by atoms with Gasteiger partial charge in [0.05, 0.1) is 20.8 Å². The maximum absolute atomic E-state index is 13.8. The smallest absolute Gasteiger partial charge is 0.332 e. The van der Waals surface area contributed by atoms with Crippen molar-refractivity contribution < 1.29 is 14.3 Å². The van der Waals surface area contributed by atoms with Crippen molar-refractivity contribution >= 4 is 22.9 Å². The van der Waals surface area contributed by atoms with E-state index >= 15 is 0 Å². The molecule has 1 aliphatic heterocycles. The quantitative estimate of drug-likeness (QED) is 0.358. The third-order valence-corrected chi connectivity index (χ3v) is 6.64. The van der Waals surface area contributed by atoms with Crippen LogP contribution in [0.4, 0.5) is 5.95 Å². The van der Waals surface area contributed by atoms with E-state index in [1.165, 1.54) is 18.8 Å². The highest BCUT2D eigenvalue weighted by Crippen LogP contribution is 2.29. The predicted molar refractivity (Wildman–Crippen MR) is 142 cm³/mol. The first kappa shape index (κ1) is 26.2. The van der Waals surface area contributed by atoms with E-state index < -0.39 is 23.6 Å². The summed E-state index contributed by atoms with van der Waals surface area (Å²) >= 11 is 0. The van der Waals surface area contributed by atoms with Crippen LogP contribution in [0, 0.1) is 0 Å². The summed E-state index contributed by atoms with van der Waals surface area (Å²) in [6, 6.07) is 4.95. The number of nitrogens with zero attached hydrogens (tertiary/aromatic N) is 5. The summed E-state index contributed by atoms with van der Waals surface area (Å²) in [6.07, 6.45) is 3.82. The van der Waals surface area contributed by atoms with Crippen LogP contribution >= 0.6 is 0 Å². The van der Waals surface area contributed by atoms with Crippen LogP contribution in [0.1, 0.15) is 37.0 Å². The molecule has 198 valence electrons. The van der Waals surface area contributed by atoms with Gasteiger partial charge in [-0.1, -0.05) is 17.7 Å². The van der Waals surface area contributed by atoms with Crippen LogP contribution in [0.2, 0.25) is 0 Å². The lowest BCUT2D eigenvalue weighted by molar-refractivity contribution is 0.0962. The number of benzene rings is 1. The molecule has 4 rings (SSSR count). The van der Waals surface area contributed by atoms with E-state index in [9.17, 15) is 14.4 Å². The van der Waals surface area contributed by atoms with E-state index in [2.05, 4.69) is 4.90 Å². The molecule has 37 heavy (non-hydrogen) atoms. The lowest BCUT2D eigenvalue weighted by atomic mass is 10.1. The molecule has 0 amide bonds. The molecule has 1 aromatic carbocycles. The van der Waals surface area contributed by atoms with Gasteiger partial charge in [-0.05, 0) is 38.8 Å². The summed E-state index contributed by atoms with van der Waals surface area (Å²) in [5.41, 5.74) is 6.78. The first-order chi connectivity index (χ1) is 17.7. The minimum absolute atomic E-state index is 0.000558. The fourth-order valence-corrected chi connectivity index (χ4v) is 4.73. The first-order valence-electron chi connectivity index (χ1n) is 12.3. The summed E-state index contributed by atoms with van der Waals surface area (Å²) in [6.45, 7) is 5.22. The number of aromatic nitrogens is 4. The predicted octanol–water partition coefficient (Wildman–Crippen LogP) is 1.69. The van der Waals surface area contributed by atoms with Crippen LogP contribution in [0.3, 0.4) is 0 Å². The molecule has 1 unspecified atom stereocenters. The van der Waals surface area contributed by atoms with Crippen molar-refractivity contribution in [3.05, 3.63) is 56.2 Å². The molecule has 2 N–H and O–H groups in total. The molecule has 1 fully saturated rings. The zero-order chi connectivity index (χ0) is 26.9. The van der Waals surface area contributed by atoms with Crippen molar-refractivity contribution in [2.45, 2.75) is 45.8 Å². The van der Waals surface area contributed by atoms with Gasteiger partial charge in [0.1, 0.15) is 17.1 Å². The highest BCUT2D eigenvalue weighted by molar-refractivity contribution is 6.01. The Bertz CT molecular complexity index is 1460. The molecule has 3 aromatic rings. The summed E-state index contributed by atoms with van der Waals surface area (Å²) in [7, 11) is 4.44. The minimum Gasteiger partial charge on any atom is -0.496 e. The van der Waals surface area contributed by atoms with Crippen molar-refractivity contribution in [2.75, 3.05) is 32.2 Å². The first-order valence-corrected chi connectivity index (χ1v) is 12.3. The van der Waals surface area contributed by atoms with Crippen molar-refractivity contribution in [1.29, 1.82) is 0 Å². The number of nitrogens with two attached hydrogens (primary N) is 1. The molecule has 0 bridgehead atoms. The number of carbonyl (C=O) groups is 1. The number of piperidine rings is 1. The van der Waals surface area contributed by atoms with Crippen LogP contribution in [0.5, 0.6) is 11.5 Å². The van der Waals surface area contributed by atoms with E-state index in [4.69, 9.17) is 20.2 Å². The number of imidazole rings is 1. The van der Waals surface area contributed by atoms with Gasteiger partial charge in [-0.3, -0.25) is 18.7 Å². The third kappa shape index (κ3) is 4.91. The number of allylic oxidation sites excluding steroid dienone is 2. The van der Waals surface area contributed by atoms with Gasteiger partial charge in [-0.25, -0.2) is 4.79 Å². The van der Waals surface area contributed by atoms with Crippen LogP contribution in [-0.2, 0) is 20.1 Å². The molecule has 1 atom stereocenters. The van der Waals surface area contributed by atoms with Crippen LogP contribution in [0.25, 0.3) is 11.2 Å². The van der Waals surface area contributed by atoms with E-state index in [0.717, 1.165) is 29.5 Å². The molecule has 1 aliphatic rings. The van der Waals surface area contributed by atoms with Gasteiger partial charge in [0, 0.05) is 32.7 Å². The van der Waals surface area contributed by atoms with E-state index in [-0.39, 0.29) is 22.8 Å². The molecule has 11 nitrogen and oxygen atoms in total. The Balaban J connectivity index is 1.90. The van der Waals surface area contributed by atoms with E-state index in [1.54, 1.807) is 25.2 Å². The number of ether oxygens (including phenoxy) is 2. The van der Waals surface area contributed by atoms with Gasteiger partial charge < -0.3 is 24.7 Å². The normalized spacial score (nSPS) is 15.6. The van der Waals surface area contributed by atoms with Crippen molar-refractivity contribution in [3.8, 4) is 11.5 Å². The second-order valence-electron chi connectivity index (χ2n) is 9.52. The number of hydrogen-bond acceptors (Lipinski definition) is 8. The van der Waals surface area contributed by atoms with Crippen LogP contribution in [-0.4, -0.2) is 57.8 Å². The number of hydrogen-bond donors (Lipinski definition) is 1. The number of rotatable bonds is 8. The number of methoxy groups -OCH3 is 2. The highest BCUT2D eigenvalue weighted by atomic mass is 16.5. The third-order valence-electron chi connectivity index (χ3n) is 6.64. The van der Waals surface area contributed by atoms with Gasteiger partial charge >= 0.3 is 5.69 Å². The Morgan fingerprint density at radius 1 is 1.16 bits per heavy atom. The molecular formula is C26H34N6O5. The van der Waals surface area contributed by atoms with Crippen LogP contribution in [0.15, 0.2) is 39.4 Å². The molecule has 2 aromatic heterocycles. The standard InChI is InChI=1S/C26H34N6O5/c1-16(2)11-13-31-22-23(28-25(31)30-12-7-8-17(27)14-30)29(3)26(35)32(24(22)34)15-18(33)21-19(36-4)9-6-10-20(21)37-5/h6,9-11,17H,7-8,12-15,27H2,1-5H3. The second-order valence-corrected chi connectivity index (χ2v) is 9.52. The minimum atomic E-state index is -0.631. The Hall–Kier alpha value is -3.86. The van der Waals surface area contributed by atoms with Gasteiger partial charge in [-0.2, -0.15) is 4.98 Å². The lowest BCUT2D eigenvalue weighted by Crippen LogP contribution is -2.44. The maximum atomic E-state index is 13.8. The molecule has 11 heteroatoms. The monoisotopic (exact) mass is 510 g/mol. The Kier molecular flexibility index (Phi) is 7.53. The topological polar surface area (TPSA) is 127 Å². The Morgan fingerprint density at radius 3 is 2.43 bits per heavy atom. The van der Waals surface area contributed by atoms with Gasteiger partial charge in [-0.15, -0.1) is 0 Å². The zero-order valence-corrected chi connectivity index (χ0v) is 22.0. The van der Waals surface area contributed by atoms with Crippen molar-refractivity contribution in [3.63, 3.8) is 0 Å². The number of carbonyl (C=O) groups excluding carboxylic acids is 1. The largest absolute Gasteiger partial charge is 0.496 e. The fourth-order valence-electron chi connectivity index (χ4n) is 4.73. The second kappa shape index (κ2) is 10.6. The molecule has 0 saturated carbocycles. The highest BCUT2D eigenvalue weighted by Gasteiger charge is 2.27. The SMILES string of the molecule is COc1cccc(OC)c1C(=O)Cn1c(=O)c2c(nc(N3CCCC(N)C3)n2CC=C(C)C)n(C)c1=O. The number of anilines is 1. The molecule has 3 heterocycles. The number of fused-ring (bicyclic) bond motifs is 1. The molecule has 1 saturated heterocycles. The summed E-state index contributed by atoms with van der Waals surface area (Å²) in [5.74, 6) is 0.705. The van der Waals surface area contributed by atoms with Crippen molar-refractivity contribution in [1.82, 2.24) is 18.7 Å². The molecule has 0 radical (unpaired) electrons. The number of Topliss-reactive ketones (excluding diaryl/α,β-unsaturated/α-hetero) is 1. The zero-order valence-electron chi connectivity index (χ0n) is 22.0. The van der Waals surface area contributed by atoms with Gasteiger partial charge in [0.25, 0.3) is 5.56 Å². The van der Waals surface area contributed by atoms with Gasteiger partial charge in [0.15, 0.2) is 16.9 Å². The van der Waals surface area contributed by atoms with Crippen LogP contribution < -0.4 is 31.4 Å². The fraction of sp³-hybridized carbons (Fsp3) is 0.462. The molecule has 0 aliphatic carbocycles.